The number of carbonyl (C=O) groups is 1. The van der Waals surface area contributed by atoms with Gasteiger partial charge in [-0.3, -0.25) is 4.79 Å². The molecule has 0 spiro atoms. The van der Waals surface area contributed by atoms with Crippen molar-refractivity contribution in [1.82, 2.24) is 0 Å². The minimum Gasteiger partial charge on any atom is -0.294 e. The van der Waals surface area contributed by atoms with E-state index in [0.29, 0.717) is 5.78 Å². The third-order valence-corrected chi connectivity index (χ3v) is 4.19. The molecule has 0 aromatic heterocycles. The average molecular weight is 250 g/mol. The number of benzene rings is 2. The number of Topliss-reactive ketones (excluding diaryl/α,β-unsaturated/α-hetero) is 1. The van der Waals surface area contributed by atoms with Crippen LogP contribution in [0.1, 0.15) is 34.8 Å². The molecule has 2 aromatic carbocycles. The highest BCUT2D eigenvalue weighted by molar-refractivity contribution is 6.02. The van der Waals surface area contributed by atoms with Crippen molar-refractivity contribution in [3.8, 4) is 0 Å². The first-order valence-electron chi connectivity index (χ1n) is 6.86. The van der Waals surface area contributed by atoms with Crippen LogP contribution in [-0.4, -0.2) is 5.78 Å². The summed E-state index contributed by atoms with van der Waals surface area (Å²) in [6.45, 7) is 2.11. The number of rotatable bonds is 2. The molecule has 96 valence electrons. The highest BCUT2D eigenvalue weighted by Crippen LogP contribution is 2.37. The van der Waals surface area contributed by atoms with Gasteiger partial charge in [0, 0.05) is 11.0 Å². The van der Waals surface area contributed by atoms with Crippen molar-refractivity contribution >= 4 is 5.78 Å². The zero-order chi connectivity index (χ0) is 13.3. The summed E-state index contributed by atoms with van der Waals surface area (Å²) in [5.41, 5.74) is 3.12. The SMILES string of the molecule is C[C@@]1(Cc2ccccc2)CCc2ccccc2C1=O. The summed E-state index contributed by atoms with van der Waals surface area (Å²) in [5.74, 6) is 0.304. The zero-order valence-corrected chi connectivity index (χ0v) is 11.2. The summed E-state index contributed by atoms with van der Waals surface area (Å²) in [6.07, 6.45) is 2.78. The molecule has 1 aliphatic carbocycles. The van der Waals surface area contributed by atoms with E-state index >= 15 is 0 Å². The molecule has 2 aromatic rings. The van der Waals surface area contributed by atoms with Crippen LogP contribution in [0, 0.1) is 5.41 Å². The van der Waals surface area contributed by atoms with Crippen molar-refractivity contribution in [2.45, 2.75) is 26.2 Å². The van der Waals surface area contributed by atoms with Gasteiger partial charge in [-0.2, -0.15) is 0 Å². The van der Waals surface area contributed by atoms with E-state index in [2.05, 4.69) is 25.1 Å². The highest BCUT2D eigenvalue weighted by atomic mass is 16.1. The molecule has 1 heteroatoms. The van der Waals surface area contributed by atoms with Gasteiger partial charge in [0.1, 0.15) is 0 Å². The molecule has 0 bridgehead atoms. The number of aryl methyl sites for hydroxylation is 1. The van der Waals surface area contributed by atoms with Gasteiger partial charge in [-0.05, 0) is 30.4 Å². The van der Waals surface area contributed by atoms with Gasteiger partial charge in [-0.25, -0.2) is 0 Å². The third-order valence-electron chi connectivity index (χ3n) is 4.19. The van der Waals surface area contributed by atoms with Crippen molar-refractivity contribution in [2.75, 3.05) is 0 Å². The van der Waals surface area contributed by atoms with Crippen molar-refractivity contribution in [2.24, 2.45) is 5.41 Å². The molecule has 19 heavy (non-hydrogen) atoms. The first-order valence-corrected chi connectivity index (χ1v) is 6.86. The van der Waals surface area contributed by atoms with E-state index in [1.807, 2.05) is 36.4 Å². The Labute approximate surface area is 114 Å². The van der Waals surface area contributed by atoms with Crippen LogP contribution in [0.3, 0.4) is 0 Å². The first-order chi connectivity index (χ1) is 9.19. The third kappa shape index (κ3) is 2.21. The van der Waals surface area contributed by atoms with Crippen molar-refractivity contribution in [1.29, 1.82) is 0 Å². The summed E-state index contributed by atoms with van der Waals surface area (Å²) in [6, 6.07) is 18.4. The average Bonchev–Trinajstić information content (AvgIpc) is 2.45. The molecule has 0 N–H and O–H groups in total. The lowest BCUT2D eigenvalue weighted by molar-refractivity contribution is 0.0784. The number of fused-ring (bicyclic) bond motifs is 1. The van der Waals surface area contributed by atoms with E-state index in [9.17, 15) is 4.79 Å². The number of hydrogen-bond acceptors (Lipinski definition) is 1. The van der Waals surface area contributed by atoms with Crippen LogP contribution in [-0.2, 0) is 12.8 Å². The maximum atomic E-state index is 12.7. The minimum atomic E-state index is -0.254. The Morgan fingerprint density at radius 2 is 1.68 bits per heavy atom. The molecule has 0 fully saturated rings. The highest BCUT2D eigenvalue weighted by Gasteiger charge is 2.37. The van der Waals surface area contributed by atoms with Crippen LogP contribution < -0.4 is 0 Å². The Balaban J connectivity index is 1.92. The van der Waals surface area contributed by atoms with Gasteiger partial charge >= 0.3 is 0 Å². The number of ketones is 1. The molecular formula is C18H18O. The summed E-state index contributed by atoms with van der Waals surface area (Å²) in [4.78, 5) is 12.7. The standard InChI is InChI=1S/C18H18O/c1-18(13-14-7-3-2-4-8-14)12-11-15-9-5-6-10-16(15)17(18)19/h2-10H,11-13H2,1H3/t18-/m0/s1. The monoisotopic (exact) mass is 250 g/mol. The van der Waals surface area contributed by atoms with Gasteiger partial charge in [0.15, 0.2) is 5.78 Å². The Kier molecular flexibility index (Phi) is 2.98. The van der Waals surface area contributed by atoms with Crippen LogP contribution in [0.15, 0.2) is 54.6 Å². The molecule has 0 saturated heterocycles. The smallest absolute Gasteiger partial charge is 0.169 e. The molecule has 0 unspecified atom stereocenters. The summed E-state index contributed by atoms with van der Waals surface area (Å²) in [7, 11) is 0. The number of hydrogen-bond donors (Lipinski definition) is 0. The Morgan fingerprint density at radius 3 is 2.47 bits per heavy atom. The normalized spacial score (nSPS) is 22.1. The van der Waals surface area contributed by atoms with Gasteiger partial charge in [0.25, 0.3) is 0 Å². The summed E-state index contributed by atoms with van der Waals surface area (Å²) < 4.78 is 0. The molecule has 0 aliphatic heterocycles. The molecule has 0 saturated carbocycles. The van der Waals surface area contributed by atoms with Gasteiger partial charge in [0.2, 0.25) is 0 Å². The Morgan fingerprint density at radius 1 is 1.00 bits per heavy atom. The minimum absolute atomic E-state index is 0.254. The largest absolute Gasteiger partial charge is 0.294 e. The van der Waals surface area contributed by atoms with Gasteiger partial charge in [-0.1, -0.05) is 61.5 Å². The molecule has 1 aliphatic rings. The van der Waals surface area contributed by atoms with Crippen LogP contribution in [0.2, 0.25) is 0 Å². The summed E-state index contributed by atoms with van der Waals surface area (Å²) >= 11 is 0. The van der Waals surface area contributed by atoms with E-state index in [0.717, 1.165) is 24.8 Å². The van der Waals surface area contributed by atoms with Gasteiger partial charge in [-0.15, -0.1) is 0 Å². The van der Waals surface area contributed by atoms with Crippen molar-refractivity contribution in [3.63, 3.8) is 0 Å². The molecule has 1 nitrogen and oxygen atoms in total. The molecule has 0 radical (unpaired) electrons. The van der Waals surface area contributed by atoms with Crippen LogP contribution in [0.25, 0.3) is 0 Å². The first kappa shape index (κ1) is 12.2. The van der Waals surface area contributed by atoms with Crippen LogP contribution in [0.5, 0.6) is 0 Å². The Hall–Kier alpha value is -1.89. The lowest BCUT2D eigenvalue weighted by Gasteiger charge is -2.33. The fraction of sp³-hybridized carbons (Fsp3) is 0.278. The van der Waals surface area contributed by atoms with Crippen LogP contribution >= 0.6 is 0 Å². The number of carbonyl (C=O) groups excluding carboxylic acids is 1. The van der Waals surface area contributed by atoms with E-state index in [4.69, 9.17) is 0 Å². The van der Waals surface area contributed by atoms with Crippen molar-refractivity contribution < 1.29 is 4.79 Å². The quantitative estimate of drug-likeness (QED) is 0.785. The zero-order valence-electron chi connectivity index (χ0n) is 11.2. The van der Waals surface area contributed by atoms with E-state index in [1.165, 1.54) is 11.1 Å². The molecule has 0 heterocycles. The fourth-order valence-corrected chi connectivity index (χ4v) is 3.02. The second-order valence-electron chi connectivity index (χ2n) is 5.71. The maximum absolute atomic E-state index is 12.7. The van der Waals surface area contributed by atoms with Gasteiger partial charge < -0.3 is 0 Å². The van der Waals surface area contributed by atoms with E-state index in [-0.39, 0.29) is 5.41 Å². The lowest BCUT2D eigenvalue weighted by atomic mass is 9.69. The van der Waals surface area contributed by atoms with Crippen molar-refractivity contribution in [3.05, 3.63) is 71.3 Å². The second kappa shape index (κ2) is 4.65. The Bertz CT molecular complexity index is 600. The molecule has 1 atom stereocenters. The predicted octanol–water partition coefficient (Wildman–Crippen LogP) is 4.06. The van der Waals surface area contributed by atoms with E-state index in [1.54, 1.807) is 0 Å². The second-order valence-corrected chi connectivity index (χ2v) is 5.71. The predicted molar refractivity (Wildman–Crippen MR) is 77.3 cm³/mol. The lowest BCUT2D eigenvalue weighted by Crippen LogP contribution is -2.35. The topological polar surface area (TPSA) is 17.1 Å². The van der Waals surface area contributed by atoms with Gasteiger partial charge in [0.05, 0.1) is 0 Å². The molecule has 0 amide bonds. The summed E-state index contributed by atoms with van der Waals surface area (Å²) in [5, 5.41) is 0. The van der Waals surface area contributed by atoms with E-state index < -0.39 is 0 Å². The maximum Gasteiger partial charge on any atom is 0.169 e. The molecule has 3 rings (SSSR count). The fourth-order valence-electron chi connectivity index (χ4n) is 3.02. The van der Waals surface area contributed by atoms with Crippen LogP contribution in [0.4, 0.5) is 0 Å². The molecular weight excluding hydrogens is 232 g/mol.